The van der Waals surface area contributed by atoms with Crippen molar-refractivity contribution in [2.45, 2.75) is 38.5 Å². The molecule has 126 valence electrons. The third kappa shape index (κ3) is 2.78. The van der Waals surface area contributed by atoms with Gasteiger partial charge in [0.25, 0.3) is 0 Å². The van der Waals surface area contributed by atoms with Crippen molar-refractivity contribution in [3.05, 3.63) is 48.0 Å². The molecule has 6 heteroatoms. The van der Waals surface area contributed by atoms with Crippen molar-refractivity contribution in [3.8, 4) is 5.75 Å². The van der Waals surface area contributed by atoms with Gasteiger partial charge < -0.3 is 14.6 Å². The Morgan fingerprint density at radius 3 is 3.17 bits per heavy atom. The van der Waals surface area contributed by atoms with E-state index in [9.17, 15) is 4.79 Å². The van der Waals surface area contributed by atoms with E-state index in [1.165, 1.54) is 0 Å². The highest BCUT2D eigenvalue weighted by molar-refractivity contribution is 5.81. The van der Waals surface area contributed by atoms with Crippen molar-refractivity contribution >= 4 is 5.91 Å². The number of hydrogen-bond acceptors (Lipinski definition) is 4. The molecule has 1 aromatic carbocycles. The summed E-state index contributed by atoms with van der Waals surface area (Å²) < 4.78 is 7.82. The molecule has 0 radical (unpaired) electrons. The topological polar surface area (TPSA) is 59.4 Å². The van der Waals surface area contributed by atoms with Gasteiger partial charge in [-0.2, -0.15) is 0 Å². The highest BCUT2D eigenvalue weighted by Gasteiger charge is 2.29. The highest BCUT2D eigenvalue weighted by Crippen LogP contribution is 2.31. The average Bonchev–Trinajstić information content (AvgIpc) is 3.09. The van der Waals surface area contributed by atoms with Gasteiger partial charge in [0.2, 0.25) is 5.91 Å². The van der Waals surface area contributed by atoms with E-state index in [1.54, 1.807) is 0 Å². The maximum Gasteiger partial charge on any atom is 0.237 e. The van der Waals surface area contributed by atoms with Crippen LogP contribution in [0, 0.1) is 0 Å². The van der Waals surface area contributed by atoms with E-state index < -0.39 is 0 Å². The first-order valence-electron chi connectivity index (χ1n) is 8.48. The molecule has 0 saturated carbocycles. The zero-order valence-corrected chi connectivity index (χ0v) is 13.8. The average molecular weight is 326 g/mol. The minimum absolute atomic E-state index is 0.0247. The lowest BCUT2D eigenvalue weighted by molar-refractivity contribution is -0.127. The number of imidazole rings is 1. The molecule has 0 aliphatic carbocycles. The zero-order chi connectivity index (χ0) is 16.5. The molecule has 0 spiro atoms. The fourth-order valence-corrected chi connectivity index (χ4v) is 3.47. The van der Waals surface area contributed by atoms with Gasteiger partial charge in [-0.1, -0.05) is 18.2 Å². The number of hydrogen-bond donors (Lipinski definition) is 1. The molecule has 24 heavy (non-hydrogen) atoms. The lowest BCUT2D eigenvalue weighted by Gasteiger charge is -2.33. The van der Waals surface area contributed by atoms with Crippen LogP contribution >= 0.6 is 0 Å². The van der Waals surface area contributed by atoms with Crippen LogP contribution in [0.1, 0.15) is 30.8 Å². The zero-order valence-electron chi connectivity index (χ0n) is 13.8. The molecular formula is C18H22N4O2. The number of fused-ring (bicyclic) bond motifs is 2. The van der Waals surface area contributed by atoms with Crippen LogP contribution in [-0.2, 0) is 17.9 Å². The van der Waals surface area contributed by atoms with Crippen LogP contribution in [0.4, 0.5) is 0 Å². The van der Waals surface area contributed by atoms with E-state index in [-0.39, 0.29) is 18.0 Å². The highest BCUT2D eigenvalue weighted by atomic mass is 16.5. The van der Waals surface area contributed by atoms with E-state index in [1.807, 2.05) is 43.6 Å². The quantitative estimate of drug-likeness (QED) is 0.933. The molecule has 2 aliphatic rings. The summed E-state index contributed by atoms with van der Waals surface area (Å²) in [5.74, 6) is 1.97. The van der Waals surface area contributed by atoms with Crippen molar-refractivity contribution in [3.63, 3.8) is 0 Å². The summed E-state index contributed by atoms with van der Waals surface area (Å²) in [6.07, 6.45) is 4.62. The standard InChI is InChI=1S/C18H22N4O2/c1-13(22-10-9-21-8-7-19-17(21)12-22)18(23)20-15-6-11-24-16-5-3-2-4-14(15)16/h2-5,7-8,13,15H,6,9-12H2,1H3,(H,20,23)/t13-,15-/m0/s1. The van der Waals surface area contributed by atoms with Crippen LogP contribution in [0.2, 0.25) is 0 Å². The van der Waals surface area contributed by atoms with Crippen LogP contribution < -0.4 is 10.1 Å². The predicted octanol–water partition coefficient (Wildman–Crippen LogP) is 1.73. The molecule has 0 fully saturated rings. The van der Waals surface area contributed by atoms with Gasteiger partial charge in [0.05, 0.1) is 25.2 Å². The smallest absolute Gasteiger partial charge is 0.237 e. The molecule has 0 saturated heterocycles. The Bertz CT molecular complexity index is 742. The van der Waals surface area contributed by atoms with E-state index in [2.05, 4.69) is 19.8 Å². The monoisotopic (exact) mass is 326 g/mol. The second-order valence-corrected chi connectivity index (χ2v) is 6.42. The molecule has 1 amide bonds. The maximum atomic E-state index is 12.7. The first kappa shape index (κ1) is 15.2. The third-order valence-electron chi connectivity index (χ3n) is 4.98. The van der Waals surface area contributed by atoms with Crippen LogP contribution in [0.3, 0.4) is 0 Å². The molecule has 2 aromatic rings. The van der Waals surface area contributed by atoms with Crippen LogP contribution in [0.25, 0.3) is 0 Å². The number of amides is 1. The Hall–Kier alpha value is -2.34. The Morgan fingerprint density at radius 1 is 1.38 bits per heavy atom. The normalized spacial score (nSPS) is 21.3. The van der Waals surface area contributed by atoms with E-state index in [0.717, 1.165) is 36.6 Å². The number of benzene rings is 1. The van der Waals surface area contributed by atoms with Crippen molar-refractivity contribution in [2.75, 3.05) is 13.2 Å². The third-order valence-corrected chi connectivity index (χ3v) is 4.98. The predicted molar refractivity (Wildman–Crippen MR) is 89.5 cm³/mol. The van der Waals surface area contributed by atoms with Crippen LogP contribution in [0.15, 0.2) is 36.7 Å². The van der Waals surface area contributed by atoms with Gasteiger partial charge in [-0.25, -0.2) is 4.98 Å². The summed E-state index contributed by atoms with van der Waals surface area (Å²) in [5.41, 5.74) is 1.07. The Balaban J connectivity index is 1.43. The van der Waals surface area contributed by atoms with E-state index in [4.69, 9.17) is 4.74 Å². The molecule has 2 aliphatic heterocycles. The number of aromatic nitrogens is 2. The maximum absolute atomic E-state index is 12.7. The molecule has 3 heterocycles. The number of carbonyl (C=O) groups excluding carboxylic acids is 1. The van der Waals surface area contributed by atoms with Gasteiger partial charge in [0, 0.05) is 37.5 Å². The number of para-hydroxylation sites is 1. The number of rotatable bonds is 3. The summed E-state index contributed by atoms with van der Waals surface area (Å²) in [6, 6.07) is 7.79. The van der Waals surface area contributed by atoms with Crippen molar-refractivity contribution < 1.29 is 9.53 Å². The second-order valence-electron chi connectivity index (χ2n) is 6.42. The SMILES string of the molecule is C[C@@H](C(=O)N[C@H]1CCOc2ccccc21)N1CCn2ccnc2C1. The molecule has 6 nitrogen and oxygen atoms in total. The largest absolute Gasteiger partial charge is 0.493 e. The molecule has 1 N–H and O–H groups in total. The van der Waals surface area contributed by atoms with Gasteiger partial charge in [0.15, 0.2) is 0 Å². The second kappa shape index (κ2) is 6.28. The molecule has 2 atom stereocenters. The van der Waals surface area contributed by atoms with Gasteiger partial charge >= 0.3 is 0 Å². The minimum Gasteiger partial charge on any atom is -0.493 e. The van der Waals surface area contributed by atoms with Crippen molar-refractivity contribution in [1.82, 2.24) is 19.8 Å². The van der Waals surface area contributed by atoms with Crippen LogP contribution in [-0.4, -0.2) is 39.6 Å². The van der Waals surface area contributed by atoms with Crippen molar-refractivity contribution in [2.24, 2.45) is 0 Å². The molecular weight excluding hydrogens is 304 g/mol. The summed E-state index contributed by atoms with van der Waals surface area (Å²) in [6.45, 7) is 5.07. The number of ether oxygens (including phenoxy) is 1. The fraction of sp³-hybridized carbons (Fsp3) is 0.444. The van der Waals surface area contributed by atoms with Gasteiger partial charge in [-0.3, -0.25) is 9.69 Å². The number of carbonyl (C=O) groups is 1. The Morgan fingerprint density at radius 2 is 2.25 bits per heavy atom. The van der Waals surface area contributed by atoms with Gasteiger partial charge in [-0.15, -0.1) is 0 Å². The summed E-state index contributed by atoms with van der Waals surface area (Å²) in [5, 5.41) is 3.20. The van der Waals surface area contributed by atoms with E-state index in [0.29, 0.717) is 13.2 Å². The van der Waals surface area contributed by atoms with Crippen LogP contribution in [0.5, 0.6) is 5.75 Å². The minimum atomic E-state index is -0.176. The van der Waals surface area contributed by atoms with Crippen molar-refractivity contribution in [1.29, 1.82) is 0 Å². The molecule has 0 bridgehead atoms. The molecule has 4 rings (SSSR count). The Labute approximate surface area is 141 Å². The summed E-state index contributed by atoms with van der Waals surface area (Å²) >= 11 is 0. The number of nitrogens with zero attached hydrogens (tertiary/aromatic N) is 3. The van der Waals surface area contributed by atoms with Gasteiger partial charge in [0.1, 0.15) is 11.6 Å². The number of nitrogens with one attached hydrogen (secondary N) is 1. The summed E-state index contributed by atoms with van der Waals surface area (Å²) in [4.78, 5) is 19.3. The molecule has 1 aromatic heterocycles. The lowest BCUT2D eigenvalue weighted by atomic mass is 10.00. The first-order valence-corrected chi connectivity index (χ1v) is 8.48. The van der Waals surface area contributed by atoms with Gasteiger partial charge in [-0.05, 0) is 13.0 Å². The lowest BCUT2D eigenvalue weighted by Crippen LogP contribution is -2.49. The molecule has 0 unspecified atom stereocenters. The summed E-state index contributed by atoms with van der Waals surface area (Å²) in [7, 11) is 0. The first-order chi connectivity index (χ1) is 11.7. The Kier molecular flexibility index (Phi) is 3.98. The van der Waals surface area contributed by atoms with E-state index >= 15 is 0 Å². The fourth-order valence-electron chi connectivity index (χ4n) is 3.47.